The third-order valence-electron chi connectivity index (χ3n) is 3.36. The zero-order valence-corrected chi connectivity index (χ0v) is 12.6. The van der Waals surface area contributed by atoms with E-state index in [4.69, 9.17) is 4.74 Å². The number of benzene rings is 1. The molecule has 1 aromatic heterocycles. The molecule has 112 valence electrons. The molecule has 0 spiro atoms. The highest BCUT2D eigenvalue weighted by Gasteiger charge is 2.17. The summed E-state index contributed by atoms with van der Waals surface area (Å²) in [7, 11) is 0. The van der Waals surface area contributed by atoms with Crippen LogP contribution in [0.3, 0.4) is 0 Å². The Balaban J connectivity index is 2.00. The summed E-state index contributed by atoms with van der Waals surface area (Å²) in [5.74, 6) is 1.18. The number of amides is 1. The Morgan fingerprint density at radius 1 is 1.29 bits per heavy atom. The molecule has 0 aliphatic carbocycles. The number of aromatic nitrogens is 2. The summed E-state index contributed by atoms with van der Waals surface area (Å²) in [6, 6.07) is 11.3. The molecule has 2 rings (SSSR count). The van der Waals surface area contributed by atoms with Gasteiger partial charge in [0, 0.05) is 6.07 Å². The molecule has 1 N–H and O–H groups in total. The Morgan fingerprint density at radius 3 is 2.67 bits per heavy atom. The second-order valence-electron chi connectivity index (χ2n) is 4.98. The van der Waals surface area contributed by atoms with Gasteiger partial charge in [-0.3, -0.25) is 4.79 Å². The molecular formula is C16H21N3O2. The van der Waals surface area contributed by atoms with Crippen molar-refractivity contribution in [3.05, 3.63) is 42.6 Å². The van der Waals surface area contributed by atoms with Gasteiger partial charge in [0.15, 0.2) is 6.10 Å². The average Bonchev–Trinajstić information content (AvgIpc) is 2.95. The van der Waals surface area contributed by atoms with E-state index < -0.39 is 6.10 Å². The van der Waals surface area contributed by atoms with Crippen molar-refractivity contribution in [2.24, 2.45) is 0 Å². The van der Waals surface area contributed by atoms with Crippen molar-refractivity contribution < 1.29 is 9.53 Å². The minimum atomic E-state index is -0.576. The Hall–Kier alpha value is -2.30. The number of hydrogen-bond donors (Lipinski definition) is 1. The van der Waals surface area contributed by atoms with Gasteiger partial charge in [-0.25, -0.2) is 4.68 Å². The summed E-state index contributed by atoms with van der Waals surface area (Å²) < 4.78 is 7.42. The fourth-order valence-electron chi connectivity index (χ4n) is 1.92. The summed E-state index contributed by atoms with van der Waals surface area (Å²) in [5.41, 5.74) is 0. The summed E-state index contributed by atoms with van der Waals surface area (Å²) in [5, 5.41) is 7.11. The van der Waals surface area contributed by atoms with Crippen molar-refractivity contribution in [3.8, 4) is 5.75 Å². The van der Waals surface area contributed by atoms with Crippen molar-refractivity contribution in [2.75, 3.05) is 5.32 Å². The number of para-hydroxylation sites is 1. The molecule has 0 bridgehead atoms. The van der Waals surface area contributed by atoms with E-state index in [9.17, 15) is 4.79 Å². The first-order chi connectivity index (χ1) is 10.1. The highest BCUT2D eigenvalue weighted by Crippen LogP contribution is 2.17. The predicted octanol–water partition coefficient (Wildman–Crippen LogP) is 3.26. The number of carbonyl (C=O) groups excluding carboxylic acids is 1. The van der Waals surface area contributed by atoms with Crippen molar-refractivity contribution in [1.29, 1.82) is 0 Å². The molecule has 2 atom stereocenters. The Morgan fingerprint density at radius 2 is 2.00 bits per heavy atom. The van der Waals surface area contributed by atoms with Crippen LogP contribution in [0.1, 0.15) is 33.2 Å². The summed E-state index contributed by atoms with van der Waals surface area (Å²) in [4.78, 5) is 12.2. The monoisotopic (exact) mass is 287 g/mol. The second kappa shape index (κ2) is 6.92. The van der Waals surface area contributed by atoms with Crippen LogP contribution in [0.25, 0.3) is 0 Å². The van der Waals surface area contributed by atoms with Crippen LogP contribution in [0.15, 0.2) is 42.6 Å². The maximum Gasteiger partial charge on any atom is 0.266 e. The van der Waals surface area contributed by atoms with Gasteiger partial charge in [0.2, 0.25) is 0 Å². The molecule has 5 nitrogen and oxygen atoms in total. The van der Waals surface area contributed by atoms with E-state index >= 15 is 0 Å². The molecule has 2 aromatic rings. The predicted molar refractivity (Wildman–Crippen MR) is 82.4 cm³/mol. The van der Waals surface area contributed by atoms with E-state index in [-0.39, 0.29) is 11.9 Å². The van der Waals surface area contributed by atoms with Gasteiger partial charge >= 0.3 is 0 Å². The van der Waals surface area contributed by atoms with E-state index in [0.29, 0.717) is 11.6 Å². The number of carbonyl (C=O) groups is 1. The third kappa shape index (κ3) is 3.84. The molecule has 2 unspecified atom stereocenters. The number of anilines is 1. The number of nitrogens with one attached hydrogen (secondary N) is 1. The molecule has 0 radical (unpaired) electrons. The van der Waals surface area contributed by atoms with Crippen LogP contribution in [0.5, 0.6) is 5.75 Å². The number of hydrogen-bond acceptors (Lipinski definition) is 3. The first-order valence-corrected chi connectivity index (χ1v) is 7.18. The van der Waals surface area contributed by atoms with Gasteiger partial charge in [0.1, 0.15) is 11.6 Å². The van der Waals surface area contributed by atoms with Crippen LogP contribution in [0.4, 0.5) is 5.82 Å². The van der Waals surface area contributed by atoms with Crippen molar-refractivity contribution in [3.63, 3.8) is 0 Å². The maximum atomic E-state index is 12.2. The fourth-order valence-corrected chi connectivity index (χ4v) is 1.92. The molecule has 0 fully saturated rings. The summed E-state index contributed by atoms with van der Waals surface area (Å²) >= 11 is 0. The smallest absolute Gasteiger partial charge is 0.266 e. The lowest BCUT2D eigenvalue weighted by Crippen LogP contribution is -2.31. The Labute approximate surface area is 124 Å². The minimum Gasteiger partial charge on any atom is -0.481 e. The van der Waals surface area contributed by atoms with E-state index in [1.165, 1.54) is 0 Å². The third-order valence-corrected chi connectivity index (χ3v) is 3.36. The number of rotatable bonds is 6. The summed E-state index contributed by atoms with van der Waals surface area (Å²) in [6.45, 7) is 5.87. The van der Waals surface area contributed by atoms with Crippen LogP contribution >= 0.6 is 0 Å². The molecule has 1 aromatic carbocycles. The molecule has 0 aliphatic rings. The lowest BCUT2D eigenvalue weighted by atomic mass is 10.3. The Bertz CT molecular complexity index is 580. The summed E-state index contributed by atoms with van der Waals surface area (Å²) in [6.07, 6.45) is 2.05. The molecule has 0 saturated heterocycles. The van der Waals surface area contributed by atoms with Crippen LogP contribution in [0.2, 0.25) is 0 Å². The van der Waals surface area contributed by atoms with Gasteiger partial charge in [0.05, 0.1) is 12.2 Å². The maximum absolute atomic E-state index is 12.2. The van der Waals surface area contributed by atoms with E-state index in [0.717, 1.165) is 6.42 Å². The number of nitrogens with zero attached hydrogens (tertiary/aromatic N) is 2. The zero-order valence-electron chi connectivity index (χ0n) is 12.6. The van der Waals surface area contributed by atoms with Crippen LogP contribution in [0, 0.1) is 0 Å². The molecule has 5 heteroatoms. The normalized spacial score (nSPS) is 13.5. The molecule has 1 amide bonds. The lowest BCUT2D eigenvalue weighted by molar-refractivity contribution is -0.122. The molecule has 1 heterocycles. The van der Waals surface area contributed by atoms with Crippen molar-refractivity contribution in [1.82, 2.24) is 9.78 Å². The lowest BCUT2D eigenvalue weighted by Gasteiger charge is -2.17. The second-order valence-corrected chi connectivity index (χ2v) is 4.98. The standard InChI is InChI=1S/C16H21N3O2/c1-4-12(2)19-15(10-11-17-19)18-16(20)13(3)21-14-8-6-5-7-9-14/h5-13H,4H2,1-3H3,(H,18,20). The quantitative estimate of drug-likeness (QED) is 0.887. The van der Waals surface area contributed by atoms with Crippen LogP contribution < -0.4 is 10.1 Å². The Kier molecular flexibility index (Phi) is 4.98. The first-order valence-electron chi connectivity index (χ1n) is 7.18. The highest BCUT2D eigenvalue weighted by molar-refractivity contribution is 5.93. The van der Waals surface area contributed by atoms with Crippen LogP contribution in [-0.2, 0) is 4.79 Å². The SMILES string of the molecule is CCC(C)n1nccc1NC(=O)C(C)Oc1ccccc1. The van der Waals surface area contributed by atoms with E-state index in [2.05, 4.69) is 24.3 Å². The molecular weight excluding hydrogens is 266 g/mol. The van der Waals surface area contributed by atoms with Gasteiger partial charge < -0.3 is 10.1 Å². The van der Waals surface area contributed by atoms with Gasteiger partial charge in [-0.2, -0.15) is 5.10 Å². The average molecular weight is 287 g/mol. The number of ether oxygens (including phenoxy) is 1. The van der Waals surface area contributed by atoms with Gasteiger partial charge in [-0.1, -0.05) is 25.1 Å². The molecule has 0 aliphatic heterocycles. The van der Waals surface area contributed by atoms with Crippen molar-refractivity contribution >= 4 is 11.7 Å². The van der Waals surface area contributed by atoms with Gasteiger partial charge in [-0.15, -0.1) is 0 Å². The topological polar surface area (TPSA) is 56.2 Å². The zero-order chi connectivity index (χ0) is 15.2. The minimum absolute atomic E-state index is 0.191. The first kappa shape index (κ1) is 15.1. The van der Waals surface area contributed by atoms with E-state index in [1.807, 2.05) is 35.0 Å². The fraction of sp³-hybridized carbons (Fsp3) is 0.375. The van der Waals surface area contributed by atoms with E-state index in [1.54, 1.807) is 19.2 Å². The van der Waals surface area contributed by atoms with Gasteiger partial charge in [0.25, 0.3) is 5.91 Å². The van der Waals surface area contributed by atoms with Crippen LogP contribution in [-0.4, -0.2) is 21.8 Å². The molecule has 0 saturated carbocycles. The van der Waals surface area contributed by atoms with Gasteiger partial charge in [-0.05, 0) is 32.4 Å². The highest BCUT2D eigenvalue weighted by atomic mass is 16.5. The largest absolute Gasteiger partial charge is 0.481 e. The molecule has 21 heavy (non-hydrogen) atoms. The van der Waals surface area contributed by atoms with Crippen molar-refractivity contribution in [2.45, 2.75) is 39.3 Å².